The van der Waals surface area contributed by atoms with E-state index in [9.17, 15) is 0 Å². The Hall–Kier alpha value is -1.94. The molecule has 4 heteroatoms. The van der Waals surface area contributed by atoms with Crippen LogP contribution in [-0.4, -0.2) is 42.3 Å². The fraction of sp³-hybridized carbons (Fsp3) is 0.375. The molecule has 4 nitrogen and oxygen atoms in total. The van der Waals surface area contributed by atoms with E-state index in [2.05, 4.69) is 39.4 Å². The standard InChI is InChI=1S/C16H19N3O/c1-19(2)9-10-20-15-11-13-8-7-12-5-3-4-6-14(12)16(13)18-17-15/h3-6,11H,7-10H2,1-2H3. The van der Waals surface area contributed by atoms with Crippen LogP contribution in [0.25, 0.3) is 11.3 Å². The molecule has 0 N–H and O–H groups in total. The van der Waals surface area contributed by atoms with E-state index in [1.807, 2.05) is 20.2 Å². The first kappa shape index (κ1) is 13.1. The molecule has 1 aliphatic rings. The average molecular weight is 269 g/mol. The van der Waals surface area contributed by atoms with Gasteiger partial charge in [0.15, 0.2) is 0 Å². The largest absolute Gasteiger partial charge is 0.475 e. The molecule has 1 aliphatic carbocycles. The molecule has 0 fully saturated rings. The number of aryl methyl sites for hydroxylation is 2. The summed E-state index contributed by atoms with van der Waals surface area (Å²) in [6, 6.07) is 10.5. The summed E-state index contributed by atoms with van der Waals surface area (Å²) in [5.41, 5.74) is 4.81. The van der Waals surface area contributed by atoms with Crippen molar-refractivity contribution in [3.05, 3.63) is 41.5 Å². The second kappa shape index (κ2) is 5.59. The summed E-state index contributed by atoms with van der Waals surface area (Å²) in [4.78, 5) is 2.09. The monoisotopic (exact) mass is 269 g/mol. The van der Waals surface area contributed by atoms with Gasteiger partial charge in [-0.05, 0) is 38.1 Å². The summed E-state index contributed by atoms with van der Waals surface area (Å²) in [7, 11) is 4.05. The maximum atomic E-state index is 5.66. The van der Waals surface area contributed by atoms with Crippen molar-refractivity contribution in [3.63, 3.8) is 0 Å². The molecule has 1 aromatic carbocycles. The molecule has 20 heavy (non-hydrogen) atoms. The van der Waals surface area contributed by atoms with Crippen molar-refractivity contribution in [2.24, 2.45) is 0 Å². The highest BCUT2D eigenvalue weighted by atomic mass is 16.5. The van der Waals surface area contributed by atoms with Gasteiger partial charge in [-0.15, -0.1) is 10.2 Å². The van der Waals surface area contributed by atoms with Crippen LogP contribution < -0.4 is 4.74 Å². The van der Waals surface area contributed by atoms with Gasteiger partial charge in [0.05, 0.1) is 5.69 Å². The molecule has 0 aliphatic heterocycles. The zero-order valence-electron chi connectivity index (χ0n) is 12.0. The van der Waals surface area contributed by atoms with Gasteiger partial charge in [-0.1, -0.05) is 24.3 Å². The third-order valence-electron chi connectivity index (χ3n) is 3.58. The molecule has 0 radical (unpaired) electrons. The van der Waals surface area contributed by atoms with E-state index in [1.165, 1.54) is 16.7 Å². The molecule has 0 bridgehead atoms. The van der Waals surface area contributed by atoms with Crippen LogP contribution in [0.4, 0.5) is 0 Å². The van der Waals surface area contributed by atoms with Gasteiger partial charge >= 0.3 is 0 Å². The molecule has 2 aromatic rings. The number of rotatable bonds is 4. The van der Waals surface area contributed by atoms with E-state index < -0.39 is 0 Å². The summed E-state index contributed by atoms with van der Waals surface area (Å²) in [6.07, 6.45) is 2.07. The van der Waals surface area contributed by atoms with Crippen LogP contribution in [0, 0.1) is 0 Å². The molecule has 0 saturated carbocycles. The first-order valence-corrected chi connectivity index (χ1v) is 6.96. The number of benzene rings is 1. The third-order valence-corrected chi connectivity index (χ3v) is 3.58. The number of aromatic nitrogens is 2. The predicted octanol–water partition coefficient (Wildman–Crippen LogP) is 2.18. The van der Waals surface area contributed by atoms with E-state index in [0.717, 1.165) is 25.1 Å². The summed E-state index contributed by atoms with van der Waals surface area (Å²) in [6.45, 7) is 1.51. The van der Waals surface area contributed by atoms with Gasteiger partial charge in [-0.3, -0.25) is 0 Å². The minimum atomic E-state index is 0.630. The van der Waals surface area contributed by atoms with Crippen molar-refractivity contribution in [2.75, 3.05) is 27.2 Å². The first-order chi connectivity index (χ1) is 9.74. The van der Waals surface area contributed by atoms with Gasteiger partial charge in [0.1, 0.15) is 6.61 Å². The second-order valence-corrected chi connectivity index (χ2v) is 5.37. The molecule has 3 rings (SSSR count). The maximum Gasteiger partial charge on any atom is 0.233 e. The van der Waals surface area contributed by atoms with Gasteiger partial charge in [0, 0.05) is 18.2 Å². The molecule has 104 valence electrons. The maximum absolute atomic E-state index is 5.66. The SMILES string of the molecule is CN(C)CCOc1cc2c(nn1)-c1ccccc1CC2. The predicted molar refractivity (Wildman–Crippen MR) is 78.9 cm³/mol. The molecule has 0 amide bonds. The minimum absolute atomic E-state index is 0.630. The Labute approximate surface area is 119 Å². The number of hydrogen-bond acceptors (Lipinski definition) is 4. The molecule has 0 atom stereocenters. The Kier molecular flexibility index (Phi) is 3.65. The summed E-state index contributed by atoms with van der Waals surface area (Å²) < 4.78 is 5.66. The molecular formula is C16H19N3O. The highest BCUT2D eigenvalue weighted by Gasteiger charge is 2.18. The molecular weight excluding hydrogens is 250 g/mol. The van der Waals surface area contributed by atoms with E-state index >= 15 is 0 Å². The summed E-state index contributed by atoms with van der Waals surface area (Å²) in [5.74, 6) is 0.630. The Balaban J connectivity index is 1.81. The highest BCUT2D eigenvalue weighted by molar-refractivity contribution is 5.69. The van der Waals surface area contributed by atoms with Crippen molar-refractivity contribution in [3.8, 4) is 17.1 Å². The molecule has 0 unspecified atom stereocenters. The summed E-state index contributed by atoms with van der Waals surface area (Å²) in [5, 5.41) is 8.57. The van der Waals surface area contributed by atoms with Gasteiger partial charge in [0.2, 0.25) is 5.88 Å². The van der Waals surface area contributed by atoms with Gasteiger partial charge in [0.25, 0.3) is 0 Å². The lowest BCUT2D eigenvalue weighted by Crippen LogP contribution is -2.20. The lowest BCUT2D eigenvalue weighted by atomic mass is 9.90. The normalized spacial score (nSPS) is 12.9. The molecule has 0 spiro atoms. The van der Waals surface area contributed by atoms with E-state index in [4.69, 9.17) is 4.74 Å². The third kappa shape index (κ3) is 2.65. The first-order valence-electron chi connectivity index (χ1n) is 6.96. The van der Waals surface area contributed by atoms with Crippen LogP contribution in [-0.2, 0) is 12.8 Å². The number of nitrogens with zero attached hydrogens (tertiary/aromatic N) is 3. The quantitative estimate of drug-likeness (QED) is 0.852. The number of likely N-dealkylation sites (N-methyl/N-ethyl adjacent to an activating group) is 1. The Morgan fingerprint density at radius 1 is 1.10 bits per heavy atom. The Morgan fingerprint density at radius 3 is 2.75 bits per heavy atom. The van der Waals surface area contributed by atoms with E-state index in [-0.39, 0.29) is 0 Å². The zero-order chi connectivity index (χ0) is 13.9. The lowest BCUT2D eigenvalue weighted by Gasteiger charge is -2.18. The van der Waals surface area contributed by atoms with Crippen molar-refractivity contribution >= 4 is 0 Å². The fourth-order valence-corrected chi connectivity index (χ4v) is 2.47. The van der Waals surface area contributed by atoms with Gasteiger partial charge < -0.3 is 9.64 Å². The topological polar surface area (TPSA) is 38.2 Å². The summed E-state index contributed by atoms with van der Waals surface area (Å²) >= 11 is 0. The molecule has 0 saturated heterocycles. The van der Waals surface area contributed by atoms with Crippen molar-refractivity contribution in [1.82, 2.24) is 15.1 Å². The second-order valence-electron chi connectivity index (χ2n) is 5.37. The van der Waals surface area contributed by atoms with Crippen LogP contribution in [0.5, 0.6) is 5.88 Å². The molecule has 1 aromatic heterocycles. The molecule has 1 heterocycles. The van der Waals surface area contributed by atoms with Gasteiger partial charge in [-0.25, -0.2) is 0 Å². The Bertz CT molecular complexity index is 610. The van der Waals surface area contributed by atoms with Crippen molar-refractivity contribution in [2.45, 2.75) is 12.8 Å². The lowest BCUT2D eigenvalue weighted by molar-refractivity contribution is 0.251. The fourth-order valence-electron chi connectivity index (χ4n) is 2.47. The Morgan fingerprint density at radius 2 is 1.90 bits per heavy atom. The van der Waals surface area contributed by atoms with Crippen LogP contribution >= 0.6 is 0 Å². The van der Waals surface area contributed by atoms with Crippen LogP contribution in [0.1, 0.15) is 11.1 Å². The zero-order valence-corrected chi connectivity index (χ0v) is 12.0. The number of hydrogen-bond donors (Lipinski definition) is 0. The van der Waals surface area contributed by atoms with Crippen molar-refractivity contribution in [1.29, 1.82) is 0 Å². The number of ether oxygens (including phenoxy) is 1. The van der Waals surface area contributed by atoms with Crippen LogP contribution in [0.3, 0.4) is 0 Å². The highest BCUT2D eigenvalue weighted by Crippen LogP contribution is 2.32. The minimum Gasteiger partial charge on any atom is -0.475 e. The van der Waals surface area contributed by atoms with E-state index in [0.29, 0.717) is 12.5 Å². The van der Waals surface area contributed by atoms with E-state index in [1.54, 1.807) is 0 Å². The van der Waals surface area contributed by atoms with Crippen LogP contribution in [0.2, 0.25) is 0 Å². The smallest absolute Gasteiger partial charge is 0.233 e. The average Bonchev–Trinajstić information content (AvgIpc) is 2.46. The van der Waals surface area contributed by atoms with Crippen molar-refractivity contribution < 1.29 is 4.74 Å². The number of fused-ring (bicyclic) bond motifs is 3. The van der Waals surface area contributed by atoms with Crippen LogP contribution in [0.15, 0.2) is 30.3 Å². The van der Waals surface area contributed by atoms with Gasteiger partial charge in [-0.2, -0.15) is 0 Å².